The summed E-state index contributed by atoms with van der Waals surface area (Å²) < 4.78 is 5.56. The Kier molecular flexibility index (Phi) is 3.44. The van der Waals surface area contributed by atoms with E-state index in [1.54, 1.807) is 0 Å². The largest absolute Gasteiger partial charge is 0.441 e. The molecule has 2 unspecified atom stereocenters. The van der Waals surface area contributed by atoms with E-state index in [4.69, 9.17) is 4.42 Å². The predicted octanol–water partition coefficient (Wildman–Crippen LogP) is 2.18. The zero-order chi connectivity index (χ0) is 14.1. The van der Waals surface area contributed by atoms with E-state index < -0.39 is 0 Å². The number of hydrogen-bond acceptors (Lipinski definition) is 4. The van der Waals surface area contributed by atoms with Crippen LogP contribution >= 0.6 is 0 Å². The van der Waals surface area contributed by atoms with Gasteiger partial charge in [-0.2, -0.15) is 0 Å². The lowest BCUT2D eigenvalue weighted by Gasteiger charge is -2.14. The van der Waals surface area contributed by atoms with Crippen molar-refractivity contribution in [3.8, 4) is 0 Å². The number of nitrogens with zero attached hydrogens (tertiary/aromatic N) is 1. The van der Waals surface area contributed by atoms with E-state index in [2.05, 4.69) is 22.5 Å². The average Bonchev–Trinajstić information content (AvgIpc) is 3.03. The summed E-state index contributed by atoms with van der Waals surface area (Å²) in [6.07, 6.45) is 0.766. The van der Waals surface area contributed by atoms with Gasteiger partial charge >= 0.3 is 0 Å². The smallest absolute Gasteiger partial charge is 0.229 e. The van der Waals surface area contributed by atoms with Gasteiger partial charge in [-0.05, 0) is 30.7 Å². The molecule has 1 saturated heterocycles. The van der Waals surface area contributed by atoms with E-state index >= 15 is 0 Å². The summed E-state index contributed by atoms with van der Waals surface area (Å²) in [5.41, 5.74) is 2.32. The molecule has 1 aromatic heterocycles. The molecular formula is C15H19N3O2. The van der Waals surface area contributed by atoms with E-state index in [0.717, 1.165) is 42.2 Å². The minimum atomic E-state index is 0.0363. The van der Waals surface area contributed by atoms with Crippen LogP contribution in [0.15, 0.2) is 22.6 Å². The van der Waals surface area contributed by atoms with E-state index in [-0.39, 0.29) is 11.8 Å². The first kappa shape index (κ1) is 13.1. The van der Waals surface area contributed by atoms with Gasteiger partial charge in [-0.3, -0.25) is 4.79 Å². The summed E-state index contributed by atoms with van der Waals surface area (Å²) in [4.78, 5) is 16.6. The second-order valence-electron chi connectivity index (χ2n) is 5.37. The van der Waals surface area contributed by atoms with Gasteiger partial charge in [-0.25, -0.2) is 4.98 Å². The van der Waals surface area contributed by atoms with Crippen molar-refractivity contribution in [3.63, 3.8) is 0 Å². The van der Waals surface area contributed by atoms with Crippen LogP contribution in [0.2, 0.25) is 0 Å². The normalized spacial score (nSPS) is 22.3. The number of benzene rings is 1. The molecule has 0 bridgehead atoms. The van der Waals surface area contributed by atoms with Crippen LogP contribution in [0.4, 0.5) is 5.69 Å². The summed E-state index contributed by atoms with van der Waals surface area (Å²) in [5, 5.41) is 6.21. The summed E-state index contributed by atoms with van der Waals surface area (Å²) >= 11 is 0. The van der Waals surface area contributed by atoms with Crippen LogP contribution in [0.1, 0.15) is 19.7 Å². The molecule has 2 N–H and O–H groups in total. The fourth-order valence-electron chi connectivity index (χ4n) is 2.60. The molecule has 1 fully saturated rings. The number of nitrogens with one attached hydrogen (secondary N) is 2. The first-order chi connectivity index (χ1) is 9.67. The van der Waals surface area contributed by atoms with Crippen molar-refractivity contribution >= 4 is 22.7 Å². The van der Waals surface area contributed by atoms with Gasteiger partial charge in [0.1, 0.15) is 5.52 Å². The Labute approximate surface area is 117 Å². The molecule has 1 aliphatic heterocycles. The minimum Gasteiger partial charge on any atom is -0.441 e. The van der Waals surface area contributed by atoms with E-state index in [1.807, 2.05) is 25.1 Å². The summed E-state index contributed by atoms with van der Waals surface area (Å²) in [5.74, 6) is 1.20. The van der Waals surface area contributed by atoms with Gasteiger partial charge in [0.2, 0.25) is 5.91 Å². The monoisotopic (exact) mass is 273 g/mol. The van der Waals surface area contributed by atoms with Gasteiger partial charge < -0.3 is 15.1 Å². The quantitative estimate of drug-likeness (QED) is 0.899. The van der Waals surface area contributed by atoms with Crippen LogP contribution in [-0.4, -0.2) is 24.0 Å². The van der Waals surface area contributed by atoms with Crippen LogP contribution in [0.5, 0.6) is 0 Å². The number of oxazole rings is 1. The van der Waals surface area contributed by atoms with Gasteiger partial charge in [0.05, 0.1) is 5.92 Å². The number of anilines is 1. The number of rotatable bonds is 3. The van der Waals surface area contributed by atoms with Gasteiger partial charge in [0, 0.05) is 18.7 Å². The van der Waals surface area contributed by atoms with Crippen molar-refractivity contribution in [2.45, 2.75) is 20.3 Å². The van der Waals surface area contributed by atoms with E-state index in [0.29, 0.717) is 5.92 Å². The van der Waals surface area contributed by atoms with E-state index in [9.17, 15) is 4.79 Å². The highest BCUT2D eigenvalue weighted by atomic mass is 16.3. The molecule has 1 aliphatic rings. The third-order valence-electron chi connectivity index (χ3n) is 3.86. The average molecular weight is 273 g/mol. The van der Waals surface area contributed by atoms with Crippen LogP contribution in [0.3, 0.4) is 0 Å². The minimum absolute atomic E-state index is 0.0363. The number of aromatic nitrogens is 1. The number of amides is 1. The predicted molar refractivity (Wildman–Crippen MR) is 77.5 cm³/mol. The van der Waals surface area contributed by atoms with Gasteiger partial charge in [0.15, 0.2) is 11.5 Å². The van der Waals surface area contributed by atoms with Crippen molar-refractivity contribution in [1.29, 1.82) is 0 Å². The van der Waals surface area contributed by atoms with Crippen molar-refractivity contribution < 1.29 is 9.21 Å². The van der Waals surface area contributed by atoms with E-state index in [1.165, 1.54) is 0 Å². The summed E-state index contributed by atoms with van der Waals surface area (Å²) in [6, 6.07) is 5.58. The molecule has 2 heterocycles. The number of carbonyl (C=O) groups is 1. The number of fused-ring (bicyclic) bond motifs is 1. The Bertz CT molecular complexity index is 635. The molecule has 0 spiro atoms. The van der Waals surface area contributed by atoms with Crippen molar-refractivity contribution in [2.24, 2.45) is 11.8 Å². The number of hydrogen-bond donors (Lipinski definition) is 2. The maximum absolute atomic E-state index is 12.2. The zero-order valence-corrected chi connectivity index (χ0v) is 11.8. The molecule has 0 radical (unpaired) electrons. The topological polar surface area (TPSA) is 67.2 Å². The lowest BCUT2D eigenvalue weighted by Crippen LogP contribution is -2.27. The standard InChI is InChI=1S/C15H19N3O2/c1-3-14-18-12-6-10(4-5-13(12)20-14)17-15(19)11-8-16-7-9(11)2/h4-6,9,11,16H,3,7-8H2,1-2H3,(H,17,19). The highest BCUT2D eigenvalue weighted by Crippen LogP contribution is 2.22. The SMILES string of the molecule is CCc1nc2cc(NC(=O)C3CNCC3C)ccc2o1. The lowest BCUT2D eigenvalue weighted by molar-refractivity contribution is -0.120. The van der Waals surface area contributed by atoms with Gasteiger partial charge in [-0.15, -0.1) is 0 Å². The third-order valence-corrected chi connectivity index (χ3v) is 3.86. The molecule has 0 aliphatic carbocycles. The fraction of sp³-hybridized carbons (Fsp3) is 0.467. The van der Waals surface area contributed by atoms with Gasteiger partial charge in [0.25, 0.3) is 0 Å². The maximum atomic E-state index is 12.2. The Morgan fingerprint density at radius 1 is 1.50 bits per heavy atom. The summed E-state index contributed by atoms with van der Waals surface area (Å²) in [6.45, 7) is 5.75. The zero-order valence-electron chi connectivity index (χ0n) is 11.8. The molecule has 0 saturated carbocycles. The van der Waals surface area contributed by atoms with Crippen LogP contribution < -0.4 is 10.6 Å². The van der Waals surface area contributed by atoms with Crippen molar-refractivity contribution in [1.82, 2.24) is 10.3 Å². The summed E-state index contributed by atoms with van der Waals surface area (Å²) in [7, 11) is 0. The fourth-order valence-corrected chi connectivity index (χ4v) is 2.60. The first-order valence-corrected chi connectivity index (χ1v) is 7.08. The second kappa shape index (κ2) is 5.25. The third kappa shape index (κ3) is 2.41. The van der Waals surface area contributed by atoms with Gasteiger partial charge in [-0.1, -0.05) is 13.8 Å². The number of carbonyl (C=O) groups excluding carboxylic acids is 1. The van der Waals surface area contributed by atoms with Crippen LogP contribution in [0.25, 0.3) is 11.1 Å². The molecule has 20 heavy (non-hydrogen) atoms. The van der Waals surface area contributed by atoms with Crippen molar-refractivity contribution in [2.75, 3.05) is 18.4 Å². The molecule has 1 aromatic carbocycles. The molecule has 3 rings (SSSR count). The maximum Gasteiger partial charge on any atom is 0.229 e. The molecule has 2 atom stereocenters. The first-order valence-electron chi connectivity index (χ1n) is 7.08. The number of aryl methyl sites for hydroxylation is 1. The highest BCUT2D eigenvalue weighted by Gasteiger charge is 2.29. The Balaban J connectivity index is 1.78. The Morgan fingerprint density at radius 3 is 3.05 bits per heavy atom. The molecule has 1 amide bonds. The Morgan fingerprint density at radius 2 is 2.35 bits per heavy atom. The highest BCUT2D eigenvalue weighted by molar-refractivity contribution is 5.94. The molecule has 106 valence electrons. The lowest BCUT2D eigenvalue weighted by atomic mass is 9.97. The molecule has 2 aromatic rings. The van der Waals surface area contributed by atoms with Crippen LogP contribution in [0, 0.1) is 11.8 Å². The Hall–Kier alpha value is -1.88. The second-order valence-corrected chi connectivity index (χ2v) is 5.37. The molecule has 5 heteroatoms. The van der Waals surface area contributed by atoms with Crippen molar-refractivity contribution in [3.05, 3.63) is 24.1 Å². The van der Waals surface area contributed by atoms with Crippen LogP contribution in [-0.2, 0) is 11.2 Å². The molecule has 5 nitrogen and oxygen atoms in total. The molecular weight excluding hydrogens is 254 g/mol.